The number of rotatable bonds is 6. The predicted octanol–water partition coefficient (Wildman–Crippen LogP) is 2.06. The summed E-state index contributed by atoms with van der Waals surface area (Å²) in [7, 11) is 1.34. The molecule has 0 radical (unpaired) electrons. The second-order valence-corrected chi connectivity index (χ2v) is 5.37. The highest BCUT2D eigenvalue weighted by molar-refractivity contribution is 7.20. The number of aliphatic carboxylic acids is 1. The number of carboxylic acids is 1. The van der Waals surface area contributed by atoms with Gasteiger partial charge >= 0.3 is 11.9 Å². The molecular weight excluding hydrogens is 294 g/mol. The molecule has 21 heavy (non-hydrogen) atoms. The van der Waals surface area contributed by atoms with E-state index in [0.29, 0.717) is 28.5 Å². The summed E-state index contributed by atoms with van der Waals surface area (Å²) in [5, 5.41) is 12.5. The first-order chi connectivity index (χ1) is 10.0. The lowest BCUT2D eigenvalue weighted by molar-refractivity contribution is -0.137. The summed E-state index contributed by atoms with van der Waals surface area (Å²) in [6.07, 6.45) is 2.00. The summed E-state index contributed by atoms with van der Waals surface area (Å²) < 4.78 is 4.75. The molecule has 0 amide bonds. The van der Waals surface area contributed by atoms with Gasteiger partial charge in [-0.2, -0.15) is 0 Å². The van der Waals surface area contributed by atoms with E-state index in [0.717, 1.165) is 10.9 Å². The number of hydrogen-bond acceptors (Lipinski definition) is 7. The van der Waals surface area contributed by atoms with Crippen LogP contribution in [0.2, 0.25) is 0 Å². The van der Waals surface area contributed by atoms with Gasteiger partial charge in [0, 0.05) is 13.0 Å². The molecule has 8 heteroatoms. The normalized spacial score (nSPS) is 10.6. The number of aryl methyl sites for hydroxylation is 1. The van der Waals surface area contributed by atoms with Crippen molar-refractivity contribution in [2.24, 2.45) is 0 Å². The molecule has 0 bridgehead atoms. The minimum absolute atomic E-state index is 0.0945. The van der Waals surface area contributed by atoms with Crippen molar-refractivity contribution < 1.29 is 19.4 Å². The number of carbonyl (C=O) groups is 2. The Morgan fingerprint density at radius 3 is 2.86 bits per heavy atom. The molecule has 0 saturated heterocycles. The molecule has 0 fully saturated rings. The van der Waals surface area contributed by atoms with E-state index < -0.39 is 11.9 Å². The van der Waals surface area contributed by atoms with E-state index in [1.54, 1.807) is 0 Å². The van der Waals surface area contributed by atoms with Gasteiger partial charge in [-0.25, -0.2) is 14.8 Å². The van der Waals surface area contributed by atoms with Crippen LogP contribution in [-0.2, 0) is 9.53 Å². The van der Waals surface area contributed by atoms with Crippen LogP contribution in [-0.4, -0.2) is 40.7 Å². The molecule has 2 heterocycles. The van der Waals surface area contributed by atoms with Crippen LogP contribution < -0.4 is 5.32 Å². The number of esters is 1. The number of thiophene rings is 1. The Morgan fingerprint density at radius 2 is 2.19 bits per heavy atom. The molecule has 0 atom stereocenters. The molecule has 0 unspecified atom stereocenters. The van der Waals surface area contributed by atoms with Gasteiger partial charge in [-0.15, -0.1) is 11.3 Å². The maximum atomic E-state index is 11.7. The monoisotopic (exact) mass is 309 g/mol. The van der Waals surface area contributed by atoms with Crippen LogP contribution in [0.15, 0.2) is 6.33 Å². The topological polar surface area (TPSA) is 101 Å². The number of hydrogen-bond donors (Lipinski definition) is 2. The number of carbonyl (C=O) groups excluding carboxylic acids is 1. The highest BCUT2D eigenvalue weighted by Crippen LogP contribution is 2.33. The fourth-order valence-electron chi connectivity index (χ4n) is 1.94. The number of methoxy groups -OCH3 is 1. The smallest absolute Gasteiger partial charge is 0.348 e. The number of nitrogens with zero attached hydrogens (tertiary/aromatic N) is 2. The number of anilines is 1. The van der Waals surface area contributed by atoms with Gasteiger partial charge in [0.25, 0.3) is 0 Å². The largest absolute Gasteiger partial charge is 0.481 e. The summed E-state index contributed by atoms with van der Waals surface area (Å²) >= 11 is 1.26. The lowest BCUT2D eigenvalue weighted by Gasteiger charge is -2.06. The minimum Gasteiger partial charge on any atom is -0.481 e. The second-order valence-electron chi connectivity index (χ2n) is 4.37. The molecule has 2 aromatic heterocycles. The van der Waals surface area contributed by atoms with Gasteiger partial charge in [-0.3, -0.25) is 4.79 Å². The van der Waals surface area contributed by atoms with Crippen LogP contribution in [0.25, 0.3) is 10.2 Å². The van der Waals surface area contributed by atoms with Crippen LogP contribution in [0.5, 0.6) is 0 Å². The third kappa shape index (κ3) is 3.27. The molecule has 112 valence electrons. The van der Waals surface area contributed by atoms with Crippen LogP contribution >= 0.6 is 11.3 Å². The standard InChI is InChI=1S/C13H15N3O4S/c1-7-9-11(14-5-3-4-8(17)18)15-6-16-12(9)21-10(7)13(19)20-2/h6H,3-5H2,1-2H3,(H,17,18)(H,14,15,16). The summed E-state index contributed by atoms with van der Waals surface area (Å²) in [4.78, 5) is 31.7. The Balaban J connectivity index is 2.26. The van der Waals surface area contributed by atoms with Crippen LogP contribution in [0.1, 0.15) is 28.1 Å². The number of fused-ring (bicyclic) bond motifs is 1. The maximum Gasteiger partial charge on any atom is 0.348 e. The molecule has 0 aliphatic carbocycles. The van der Waals surface area contributed by atoms with Crippen LogP contribution in [0, 0.1) is 6.92 Å². The van der Waals surface area contributed by atoms with Crippen molar-refractivity contribution in [3.8, 4) is 0 Å². The zero-order chi connectivity index (χ0) is 15.4. The molecule has 2 aromatic rings. The summed E-state index contributed by atoms with van der Waals surface area (Å²) in [6, 6.07) is 0. The van der Waals surface area contributed by atoms with E-state index in [1.165, 1.54) is 24.8 Å². The molecule has 0 spiro atoms. The highest BCUT2D eigenvalue weighted by Gasteiger charge is 2.19. The molecular formula is C13H15N3O4S. The average molecular weight is 309 g/mol. The Bertz CT molecular complexity index is 683. The zero-order valence-corrected chi connectivity index (χ0v) is 12.5. The fourth-order valence-corrected chi connectivity index (χ4v) is 3.01. The average Bonchev–Trinajstić information content (AvgIpc) is 2.80. The molecule has 2 N–H and O–H groups in total. The molecule has 7 nitrogen and oxygen atoms in total. The first-order valence-corrected chi connectivity index (χ1v) is 7.14. The van der Waals surface area contributed by atoms with Crippen molar-refractivity contribution >= 4 is 39.3 Å². The summed E-state index contributed by atoms with van der Waals surface area (Å²) in [5.41, 5.74) is 0.767. The first kappa shape index (κ1) is 15.2. The fraction of sp³-hybridized carbons (Fsp3) is 0.385. The maximum absolute atomic E-state index is 11.7. The number of ether oxygens (including phenoxy) is 1. The third-order valence-electron chi connectivity index (χ3n) is 2.96. The number of nitrogens with one attached hydrogen (secondary N) is 1. The van der Waals surface area contributed by atoms with E-state index in [9.17, 15) is 9.59 Å². The third-order valence-corrected chi connectivity index (χ3v) is 4.14. The van der Waals surface area contributed by atoms with Crippen LogP contribution in [0.3, 0.4) is 0 Å². The Hall–Kier alpha value is -2.22. The number of aromatic nitrogens is 2. The lowest BCUT2D eigenvalue weighted by atomic mass is 10.2. The first-order valence-electron chi connectivity index (χ1n) is 6.32. The van der Waals surface area contributed by atoms with Gasteiger partial charge < -0.3 is 15.2 Å². The minimum atomic E-state index is -0.829. The number of carboxylic acid groups (broad SMARTS) is 1. The van der Waals surface area contributed by atoms with Crippen molar-refractivity contribution in [1.29, 1.82) is 0 Å². The molecule has 0 aliphatic heterocycles. The van der Waals surface area contributed by atoms with Gasteiger partial charge in [0.2, 0.25) is 0 Å². The highest BCUT2D eigenvalue weighted by atomic mass is 32.1. The van der Waals surface area contributed by atoms with E-state index in [2.05, 4.69) is 15.3 Å². The summed E-state index contributed by atoms with van der Waals surface area (Å²) in [6.45, 7) is 2.30. The zero-order valence-electron chi connectivity index (χ0n) is 11.7. The van der Waals surface area contributed by atoms with E-state index in [-0.39, 0.29) is 6.42 Å². The van der Waals surface area contributed by atoms with Gasteiger partial charge in [-0.05, 0) is 18.9 Å². The van der Waals surface area contributed by atoms with Crippen molar-refractivity contribution in [3.63, 3.8) is 0 Å². The Kier molecular flexibility index (Phi) is 4.69. The Labute approximate surface area is 125 Å². The van der Waals surface area contributed by atoms with Gasteiger partial charge in [0.1, 0.15) is 21.9 Å². The van der Waals surface area contributed by atoms with E-state index >= 15 is 0 Å². The van der Waals surface area contributed by atoms with Crippen molar-refractivity contribution in [1.82, 2.24) is 9.97 Å². The van der Waals surface area contributed by atoms with Crippen molar-refractivity contribution in [2.45, 2.75) is 19.8 Å². The van der Waals surface area contributed by atoms with Gasteiger partial charge in [0.05, 0.1) is 12.5 Å². The van der Waals surface area contributed by atoms with Crippen LogP contribution in [0.4, 0.5) is 5.82 Å². The van der Waals surface area contributed by atoms with Crippen molar-refractivity contribution in [2.75, 3.05) is 19.0 Å². The van der Waals surface area contributed by atoms with Gasteiger partial charge in [0.15, 0.2) is 0 Å². The summed E-state index contributed by atoms with van der Waals surface area (Å²) in [5.74, 6) is -0.619. The molecule has 0 saturated carbocycles. The Morgan fingerprint density at radius 1 is 1.43 bits per heavy atom. The van der Waals surface area contributed by atoms with Gasteiger partial charge in [-0.1, -0.05) is 0 Å². The van der Waals surface area contributed by atoms with E-state index in [1.807, 2.05) is 6.92 Å². The second kappa shape index (κ2) is 6.49. The molecule has 0 aromatic carbocycles. The predicted molar refractivity (Wildman–Crippen MR) is 78.9 cm³/mol. The molecule has 0 aliphatic rings. The van der Waals surface area contributed by atoms with E-state index in [4.69, 9.17) is 9.84 Å². The van der Waals surface area contributed by atoms with Crippen molar-refractivity contribution in [3.05, 3.63) is 16.8 Å². The quantitative estimate of drug-likeness (QED) is 0.622. The lowest BCUT2D eigenvalue weighted by Crippen LogP contribution is -2.07. The SMILES string of the molecule is COC(=O)c1sc2ncnc(NCCCC(=O)O)c2c1C. The molecule has 2 rings (SSSR count).